The molecule has 0 saturated carbocycles. The van der Waals surface area contributed by atoms with Gasteiger partial charge in [-0.05, 0) is 48.4 Å². The van der Waals surface area contributed by atoms with Crippen molar-refractivity contribution in [2.75, 3.05) is 6.61 Å². The molecule has 0 aromatic heterocycles. The largest absolute Gasteiger partial charge is 0.462 e. The number of nitrogens with two attached hydrogens (primary N) is 1. The highest BCUT2D eigenvalue weighted by Gasteiger charge is 2.18. The third-order valence-electron chi connectivity index (χ3n) is 3.89. The molecule has 9 nitrogen and oxygen atoms in total. The first kappa shape index (κ1) is 20.5. The summed E-state index contributed by atoms with van der Waals surface area (Å²) in [7, 11) is -3.81. The number of carbonyl (C=O) groups is 2. The lowest BCUT2D eigenvalue weighted by molar-refractivity contribution is -0.112. The van der Waals surface area contributed by atoms with E-state index in [4.69, 9.17) is 9.88 Å². The Labute approximate surface area is 166 Å². The van der Waals surface area contributed by atoms with Gasteiger partial charge in [-0.25, -0.2) is 23.3 Å². The van der Waals surface area contributed by atoms with Gasteiger partial charge in [-0.2, -0.15) is 5.11 Å². The van der Waals surface area contributed by atoms with Gasteiger partial charge in [0.05, 0.1) is 28.1 Å². The highest BCUT2D eigenvalue weighted by Crippen LogP contribution is 2.17. The van der Waals surface area contributed by atoms with Crippen LogP contribution in [0.2, 0.25) is 0 Å². The van der Waals surface area contributed by atoms with E-state index >= 15 is 0 Å². The second-order valence-corrected chi connectivity index (χ2v) is 8.29. The number of fused-ring (bicyclic) bond motifs is 1. The molecule has 0 fully saturated rings. The molecule has 0 atom stereocenters. The van der Waals surface area contributed by atoms with E-state index in [-0.39, 0.29) is 28.7 Å². The molecular formula is C19H18N4O5S. The highest BCUT2D eigenvalue weighted by atomic mass is 32.2. The fourth-order valence-corrected chi connectivity index (χ4v) is 2.98. The average molecular weight is 414 g/mol. The molecule has 3 rings (SSSR count). The minimum atomic E-state index is -3.81. The van der Waals surface area contributed by atoms with E-state index in [9.17, 15) is 18.0 Å². The molecule has 0 bridgehead atoms. The van der Waals surface area contributed by atoms with Crippen LogP contribution in [0.3, 0.4) is 0 Å². The molecule has 1 aliphatic heterocycles. The van der Waals surface area contributed by atoms with Crippen molar-refractivity contribution in [3.05, 3.63) is 58.6 Å². The standard InChI is InChI=1S/C19H18N4O5S/c1-11(2)10-28-19(25)12-3-8-16-15(9-12)17(18(24)21-16)23-22-13-4-6-14(7-5-13)29(20,26)27/h3-9,11H,10H2,1-2H3,(H2,20,26,27). The second kappa shape index (κ2) is 8.02. The predicted molar refractivity (Wildman–Crippen MR) is 103 cm³/mol. The zero-order valence-corrected chi connectivity index (χ0v) is 16.5. The third kappa shape index (κ3) is 4.79. The Morgan fingerprint density at radius 3 is 2.45 bits per heavy atom. The number of esters is 1. The van der Waals surface area contributed by atoms with Gasteiger partial charge < -0.3 is 4.74 Å². The number of ether oxygens (including phenoxy) is 1. The van der Waals surface area contributed by atoms with Crippen LogP contribution in [0.4, 0.5) is 5.69 Å². The van der Waals surface area contributed by atoms with Crippen LogP contribution in [0.1, 0.15) is 24.2 Å². The van der Waals surface area contributed by atoms with Crippen molar-refractivity contribution in [1.29, 1.82) is 0 Å². The highest BCUT2D eigenvalue weighted by molar-refractivity contribution is 7.89. The number of benzene rings is 2. The van der Waals surface area contributed by atoms with Gasteiger partial charge in [0.1, 0.15) is 0 Å². The Bertz CT molecular complexity index is 1230. The van der Waals surface area contributed by atoms with Gasteiger partial charge in [0, 0.05) is 5.22 Å². The average Bonchev–Trinajstić information content (AvgIpc) is 2.98. The second-order valence-electron chi connectivity index (χ2n) is 6.73. The van der Waals surface area contributed by atoms with Crippen molar-refractivity contribution in [2.45, 2.75) is 18.7 Å². The van der Waals surface area contributed by atoms with Gasteiger partial charge in [0.25, 0.3) is 5.91 Å². The summed E-state index contributed by atoms with van der Waals surface area (Å²) < 4.78 is 27.8. The van der Waals surface area contributed by atoms with Gasteiger partial charge >= 0.3 is 5.97 Å². The van der Waals surface area contributed by atoms with Crippen molar-refractivity contribution >= 4 is 33.3 Å². The number of amides is 1. The number of hydrogen-bond acceptors (Lipinski definition) is 7. The smallest absolute Gasteiger partial charge is 0.338 e. The minimum absolute atomic E-state index is 0.0194. The zero-order chi connectivity index (χ0) is 21.2. The lowest BCUT2D eigenvalue weighted by Gasteiger charge is -2.06. The summed E-state index contributed by atoms with van der Waals surface area (Å²) in [6.45, 7) is 4.13. The van der Waals surface area contributed by atoms with Crippen molar-refractivity contribution in [3.8, 4) is 0 Å². The van der Waals surface area contributed by atoms with Crippen LogP contribution in [0.25, 0.3) is 5.70 Å². The van der Waals surface area contributed by atoms with E-state index in [1.807, 2.05) is 13.8 Å². The Balaban J connectivity index is 1.93. The first-order chi connectivity index (χ1) is 13.6. The van der Waals surface area contributed by atoms with Crippen molar-refractivity contribution in [2.24, 2.45) is 26.3 Å². The van der Waals surface area contributed by atoms with E-state index in [1.165, 1.54) is 36.4 Å². The maximum Gasteiger partial charge on any atom is 0.338 e. The molecule has 29 heavy (non-hydrogen) atoms. The van der Waals surface area contributed by atoms with Crippen LogP contribution < -0.4 is 15.7 Å². The molecule has 1 heterocycles. The molecule has 0 aliphatic carbocycles. The predicted octanol–water partition coefficient (Wildman–Crippen LogP) is 1.20. The molecule has 0 unspecified atom stereocenters. The number of rotatable bonds is 6. The minimum Gasteiger partial charge on any atom is -0.462 e. The number of carbonyl (C=O) groups excluding carboxylic acids is 2. The maximum atomic E-state index is 12.2. The third-order valence-corrected chi connectivity index (χ3v) is 4.82. The molecular weight excluding hydrogens is 396 g/mol. The fourth-order valence-electron chi connectivity index (χ4n) is 2.46. The summed E-state index contributed by atoms with van der Waals surface area (Å²) in [6, 6.07) is 9.94. The lowest BCUT2D eigenvalue weighted by atomic mass is 10.1. The van der Waals surface area contributed by atoms with Crippen LogP contribution in [0.5, 0.6) is 0 Å². The summed E-state index contributed by atoms with van der Waals surface area (Å²) in [6.07, 6.45) is 0. The molecule has 2 N–H and O–H groups in total. The normalized spacial score (nSPS) is 13.7. The molecule has 150 valence electrons. The number of sulfonamides is 1. The van der Waals surface area contributed by atoms with Crippen LogP contribution in [0, 0.1) is 5.92 Å². The number of primary sulfonamides is 1. The van der Waals surface area contributed by atoms with E-state index in [0.717, 1.165) is 0 Å². The Kier molecular flexibility index (Phi) is 5.66. The molecule has 0 radical (unpaired) electrons. The lowest BCUT2D eigenvalue weighted by Crippen LogP contribution is -2.25. The van der Waals surface area contributed by atoms with Crippen LogP contribution in [-0.4, -0.2) is 26.9 Å². The first-order valence-corrected chi connectivity index (χ1v) is 10.2. The van der Waals surface area contributed by atoms with Crippen LogP contribution >= 0.6 is 0 Å². The quantitative estimate of drug-likeness (QED) is 0.558. The monoisotopic (exact) mass is 414 g/mol. The van der Waals surface area contributed by atoms with Crippen molar-refractivity contribution in [3.63, 3.8) is 0 Å². The molecule has 1 amide bonds. The van der Waals surface area contributed by atoms with Gasteiger partial charge in [-0.3, -0.25) is 4.79 Å². The number of azo groups is 1. The molecule has 1 aliphatic rings. The van der Waals surface area contributed by atoms with Gasteiger partial charge in [0.2, 0.25) is 10.0 Å². The fraction of sp³-hybridized carbons (Fsp3) is 0.211. The van der Waals surface area contributed by atoms with Crippen molar-refractivity contribution in [1.82, 2.24) is 0 Å². The zero-order valence-electron chi connectivity index (χ0n) is 15.7. The Morgan fingerprint density at radius 2 is 1.83 bits per heavy atom. The van der Waals surface area contributed by atoms with E-state index in [2.05, 4.69) is 15.2 Å². The molecule has 10 heteroatoms. The summed E-state index contributed by atoms with van der Waals surface area (Å²) in [5, 5.41) is 13.7. The summed E-state index contributed by atoms with van der Waals surface area (Å²) in [5.74, 6) is -0.894. The van der Waals surface area contributed by atoms with Gasteiger partial charge in [0.15, 0.2) is 5.70 Å². The Morgan fingerprint density at radius 1 is 1.14 bits per heavy atom. The van der Waals surface area contributed by atoms with Crippen LogP contribution in [0.15, 0.2) is 62.6 Å². The Hall–Kier alpha value is -3.24. The van der Waals surface area contributed by atoms with E-state index in [1.54, 1.807) is 6.07 Å². The van der Waals surface area contributed by atoms with Gasteiger partial charge in [-0.1, -0.05) is 13.8 Å². The molecule has 2 aromatic rings. The SMILES string of the molecule is CC(C)COC(=O)c1ccc2c(c1)=C(N=Nc1ccc(S(N)(=O)=O)cc1)C(=O)N=2. The summed E-state index contributed by atoms with van der Waals surface area (Å²) in [4.78, 5) is 28.2. The number of nitrogens with zero attached hydrogens (tertiary/aromatic N) is 3. The molecule has 2 aromatic carbocycles. The van der Waals surface area contributed by atoms with Crippen molar-refractivity contribution < 1.29 is 22.7 Å². The first-order valence-electron chi connectivity index (χ1n) is 8.64. The maximum absolute atomic E-state index is 12.2. The summed E-state index contributed by atoms with van der Waals surface area (Å²) >= 11 is 0. The van der Waals surface area contributed by atoms with Crippen LogP contribution in [-0.2, 0) is 19.6 Å². The summed E-state index contributed by atoms with van der Waals surface area (Å²) in [5.41, 5.74) is 0.576. The topological polar surface area (TPSA) is 141 Å². The van der Waals surface area contributed by atoms with E-state index < -0.39 is 21.9 Å². The molecule has 0 spiro atoms. The number of hydrogen-bond donors (Lipinski definition) is 1. The van der Waals surface area contributed by atoms with E-state index in [0.29, 0.717) is 16.3 Å². The van der Waals surface area contributed by atoms with Gasteiger partial charge in [-0.15, -0.1) is 5.11 Å². The molecule has 0 saturated heterocycles.